The number of hydrogen-bond acceptors (Lipinski definition) is 4. The Kier molecular flexibility index (Phi) is 7.68. The summed E-state index contributed by atoms with van der Waals surface area (Å²) in [7, 11) is 0. The summed E-state index contributed by atoms with van der Waals surface area (Å²) in [5.74, 6) is 0. The van der Waals surface area contributed by atoms with Gasteiger partial charge in [-0.25, -0.2) is 4.98 Å². The zero-order valence-corrected chi connectivity index (χ0v) is 34.9. The van der Waals surface area contributed by atoms with E-state index in [0.717, 1.165) is 50.0 Å². The summed E-state index contributed by atoms with van der Waals surface area (Å²) in [4.78, 5) is 15.5. The third-order valence-electron chi connectivity index (χ3n) is 13.7. The molecule has 0 fully saturated rings. The second kappa shape index (κ2) is 13.5. The molecule has 1 aromatic heterocycles. The molecular weight excluding hydrogens is 765 g/mol. The van der Waals surface area contributed by atoms with E-state index in [0.29, 0.717) is 0 Å². The van der Waals surface area contributed by atoms with Gasteiger partial charge in [-0.2, -0.15) is 0 Å². The van der Waals surface area contributed by atoms with Crippen molar-refractivity contribution in [2.75, 3.05) is 5.32 Å². The third-order valence-corrected chi connectivity index (χ3v) is 13.7. The summed E-state index contributed by atoms with van der Waals surface area (Å²) in [6, 6.07) is 66.0. The van der Waals surface area contributed by atoms with Gasteiger partial charge in [0.15, 0.2) is 0 Å². The maximum absolute atomic E-state index is 5.30. The summed E-state index contributed by atoms with van der Waals surface area (Å²) >= 11 is 0. The average Bonchev–Trinajstić information content (AvgIpc) is 3.58. The van der Waals surface area contributed by atoms with E-state index in [-0.39, 0.29) is 11.5 Å². The van der Waals surface area contributed by atoms with Crippen molar-refractivity contribution in [1.29, 1.82) is 0 Å². The minimum absolute atomic E-state index is 0.0609. The Bertz CT molecular complexity index is 3730. The van der Waals surface area contributed by atoms with Gasteiger partial charge >= 0.3 is 0 Å². The molecule has 2 aliphatic rings. The topological polar surface area (TPSA) is 50.2 Å². The van der Waals surface area contributed by atoms with Crippen molar-refractivity contribution in [2.45, 2.75) is 25.3 Å². The SMILES string of the molecule is CC1(C)c2ccc(-c3cccc(-c4cnc5c6ccccc6c6ccccc6c5n4)c3)cc2-c2cc(-c3cccc(C4C=Nc5c(c6ccccc6c6ccccc56)N4)c3)ccc21. The van der Waals surface area contributed by atoms with E-state index in [4.69, 9.17) is 15.0 Å². The fourth-order valence-corrected chi connectivity index (χ4v) is 10.6. The van der Waals surface area contributed by atoms with Crippen LogP contribution in [0.3, 0.4) is 0 Å². The molecule has 13 rings (SSSR count). The van der Waals surface area contributed by atoms with Crippen LogP contribution in [0.15, 0.2) is 193 Å². The molecule has 4 nitrogen and oxygen atoms in total. The first-order valence-corrected chi connectivity index (χ1v) is 21.8. The summed E-state index contributed by atoms with van der Waals surface area (Å²) in [5, 5.41) is 13.4. The fourth-order valence-electron chi connectivity index (χ4n) is 10.6. The van der Waals surface area contributed by atoms with Crippen LogP contribution in [0, 0.1) is 0 Å². The number of nitrogens with one attached hydrogen (secondary N) is 1. The van der Waals surface area contributed by atoms with Gasteiger partial charge in [0.1, 0.15) is 0 Å². The van der Waals surface area contributed by atoms with Crippen LogP contribution in [0.25, 0.3) is 98.8 Å². The first-order valence-electron chi connectivity index (χ1n) is 21.8. The summed E-state index contributed by atoms with van der Waals surface area (Å²) < 4.78 is 0. The van der Waals surface area contributed by atoms with Crippen molar-refractivity contribution in [3.05, 3.63) is 205 Å². The highest BCUT2D eigenvalue weighted by Crippen LogP contribution is 2.51. The Morgan fingerprint density at radius 3 is 1.62 bits per heavy atom. The number of anilines is 1. The number of benzene rings is 10. The lowest BCUT2D eigenvalue weighted by Gasteiger charge is -2.25. The van der Waals surface area contributed by atoms with Crippen molar-refractivity contribution in [3.63, 3.8) is 0 Å². The van der Waals surface area contributed by atoms with Crippen molar-refractivity contribution >= 4 is 71.7 Å². The highest BCUT2D eigenvalue weighted by Gasteiger charge is 2.36. The van der Waals surface area contributed by atoms with Crippen molar-refractivity contribution in [3.8, 4) is 44.6 Å². The predicted octanol–water partition coefficient (Wildman–Crippen LogP) is 15.4. The minimum atomic E-state index is -0.123. The van der Waals surface area contributed by atoms with E-state index in [9.17, 15) is 0 Å². The monoisotopic (exact) mass is 804 g/mol. The van der Waals surface area contributed by atoms with Gasteiger partial charge in [-0.1, -0.05) is 172 Å². The molecule has 1 unspecified atom stereocenters. The standard InChI is InChI=1S/C59H40N4/c1-59(2)51-27-25-37(35-13-11-15-39(29-35)53-33-60-55-45-21-7-3-17-41(45)43-19-5-9-23-47(43)57(55)62-53)31-49(51)50-32-38(26-28-52(50)59)36-14-12-16-40(30-36)54-34-61-56-46-22-8-4-18-42(46)44-20-6-10-24-48(44)58(56)63-54/h3-34,53,62H,1-2H3. The molecule has 0 amide bonds. The first kappa shape index (κ1) is 35.8. The molecular formula is C59H40N4. The number of fused-ring (bicyclic) bond motifs is 15. The molecule has 1 aliphatic carbocycles. The minimum Gasteiger partial charge on any atom is -0.371 e. The number of aromatic nitrogens is 2. The maximum atomic E-state index is 5.30. The van der Waals surface area contributed by atoms with E-state index in [2.05, 4.69) is 207 Å². The highest BCUT2D eigenvalue weighted by molar-refractivity contribution is 6.23. The fraction of sp³-hybridized carbons (Fsp3) is 0.0678. The summed E-state index contributed by atoms with van der Waals surface area (Å²) in [5.41, 5.74) is 16.9. The van der Waals surface area contributed by atoms with Crippen LogP contribution in [0.1, 0.15) is 36.6 Å². The Hall–Kier alpha value is -7.95. The van der Waals surface area contributed by atoms with E-state index in [1.807, 2.05) is 6.20 Å². The zero-order chi connectivity index (χ0) is 41.8. The summed E-state index contributed by atoms with van der Waals surface area (Å²) in [6.07, 6.45) is 4.00. The lowest BCUT2D eigenvalue weighted by atomic mass is 9.82. The van der Waals surface area contributed by atoms with Gasteiger partial charge in [-0.3, -0.25) is 9.98 Å². The van der Waals surface area contributed by atoms with Crippen molar-refractivity contribution in [2.24, 2.45) is 4.99 Å². The second-order valence-electron chi connectivity index (χ2n) is 17.6. The van der Waals surface area contributed by atoms with Gasteiger partial charge in [0.05, 0.1) is 40.3 Å². The number of aliphatic imine (C=N–C) groups is 1. The van der Waals surface area contributed by atoms with Crippen LogP contribution in [0.5, 0.6) is 0 Å². The molecule has 1 N–H and O–H groups in total. The van der Waals surface area contributed by atoms with Crippen molar-refractivity contribution < 1.29 is 0 Å². The van der Waals surface area contributed by atoms with Gasteiger partial charge in [0.2, 0.25) is 0 Å². The lowest BCUT2D eigenvalue weighted by Crippen LogP contribution is -2.15. The van der Waals surface area contributed by atoms with Crippen molar-refractivity contribution in [1.82, 2.24) is 9.97 Å². The highest BCUT2D eigenvalue weighted by atomic mass is 15.0. The largest absolute Gasteiger partial charge is 0.371 e. The average molecular weight is 805 g/mol. The number of rotatable bonds is 4. The Balaban J connectivity index is 0.854. The molecule has 0 saturated heterocycles. The van der Waals surface area contributed by atoms with Gasteiger partial charge < -0.3 is 5.32 Å². The third kappa shape index (κ3) is 5.44. The van der Waals surface area contributed by atoms with E-state index >= 15 is 0 Å². The zero-order valence-electron chi connectivity index (χ0n) is 34.9. The Labute approximate surface area is 365 Å². The van der Waals surface area contributed by atoms with Gasteiger partial charge in [-0.05, 0) is 95.9 Å². The van der Waals surface area contributed by atoms with Crippen LogP contribution in [-0.4, -0.2) is 16.2 Å². The van der Waals surface area contributed by atoms with Gasteiger partial charge in [-0.15, -0.1) is 0 Å². The lowest BCUT2D eigenvalue weighted by molar-refractivity contribution is 0.660. The Morgan fingerprint density at radius 2 is 0.952 bits per heavy atom. The molecule has 1 atom stereocenters. The molecule has 4 heteroatoms. The molecule has 0 saturated carbocycles. The molecule has 10 aromatic carbocycles. The van der Waals surface area contributed by atoms with E-state index < -0.39 is 0 Å². The molecule has 0 radical (unpaired) electrons. The molecule has 296 valence electrons. The molecule has 0 spiro atoms. The molecule has 1 aliphatic heterocycles. The van der Waals surface area contributed by atoms with Crippen LogP contribution >= 0.6 is 0 Å². The van der Waals surface area contributed by atoms with Crippen LogP contribution in [-0.2, 0) is 5.41 Å². The molecule has 0 bridgehead atoms. The van der Waals surface area contributed by atoms with Gasteiger partial charge in [0, 0.05) is 38.7 Å². The van der Waals surface area contributed by atoms with E-state index in [1.54, 1.807) is 0 Å². The Morgan fingerprint density at radius 1 is 0.444 bits per heavy atom. The molecule has 63 heavy (non-hydrogen) atoms. The summed E-state index contributed by atoms with van der Waals surface area (Å²) in [6.45, 7) is 4.70. The predicted molar refractivity (Wildman–Crippen MR) is 264 cm³/mol. The quantitative estimate of drug-likeness (QED) is 0.180. The molecule has 2 heterocycles. The van der Waals surface area contributed by atoms with E-state index in [1.165, 1.54) is 76.8 Å². The smallest absolute Gasteiger partial charge is 0.0979 e. The van der Waals surface area contributed by atoms with Gasteiger partial charge in [0.25, 0.3) is 0 Å². The molecule has 11 aromatic rings. The van der Waals surface area contributed by atoms with Crippen LogP contribution in [0.2, 0.25) is 0 Å². The normalized spacial score (nSPS) is 14.9. The number of hydrogen-bond donors (Lipinski definition) is 1. The van der Waals surface area contributed by atoms with Crippen LogP contribution < -0.4 is 5.32 Å². The first-order chi connectivity index (χ1) is 31.0. The maximum Gasteiger partial charge on any atom is 0.0979 e. The van der Waals surface area contributed by atoms with Crippen LogP contribution in [0.4, 0.5) is 11.4 Å². The number of nitrogens with zero attached hydrogens (tertiary/aromatic N) is 3. The second-order valence-corrected chi connectivity index (χ2v) is 17.6.